The van der Waals surface area contributed by atoms with Crippen LogP contribution in [0.15, 0.2) is 89.8 Å². The van der Waals surface area contributed by atoms with E-state index in [9.17, 15) is 19.8 Å². The first-order chi connectivity index (χ1) is 18.9. The molecule has 4 rings (SSSR count). The third-order valence-corrected chi connectivity index (χ3v) is 8.13. The number of hydrogen-bond donors (Lipinski definition) is 4. The Morgan fingerprint density at radius 1 is 0.846 bits per heavy atom. The van der Waals surface area contributed by atoms with Gasteiger partial charge in [0.1, 0.15) is 6.10 Å². The van der Waals surface area contributed by atoms with Gasteiger partial charge in [0.15, 0.2) is 0 Å². The van der Waals surface area contributed by atoms with Crippen molar-refractivity contribution in [3.05, 3.63) is 102 Å². The van der Waals surface area contributed by atoms with Gasteiger partial charge in [-0.2, -0.15) is 0 Å². The van der Waals surface area contributed by atoms with Crippen molar-refractivity contribution in [1.82, 2.24) is 14.9 Å². The average molecular weight is 548 g/mol. The van der Waals surface area contributed by atoms with Gasteiger partial charge in [0.2, 0.25) is 5.91 Å². The van der Waals surface area contributed by atoms with Gasteiger partial charge in [-0.3, -0.25) is 9.59 Å². The van der Waals surface area contributed by atoms with Crippen molar-refractivity contribution in [3.8, 4) is 0 Å². The Bertz CT molecular complexity index is 1190. The second-order valence-electron chi connectivity index (χ2n) is 9.99. The highest BCUT2D eigenvalue weighted by atomic mass is 32.2. The molecule has 1 aliphatic rings. The molecular formula is C31H37N3O4S. The van der Waals surface area contributed by atoms with Crippen LogP contribution < -0.4 is 10.6 Å². The van der Waals surface area contributed by atoms with Crippen LogP contribution in [0.4, 0.5) is 0 Å². The van der Waals surface area contributed by atoms with Crippen LogP contribution in [0.3, 0.4) is 0 Å². The Morgan fingerprint density at radius 3 is 2.05 bits per heavy atom. The quantitative estimate of drug-likeness (QED) is 0.257. The molecule has 3 aromatic rings. The van der Waals surface area contributed by atoms with Crippen LogP contribution in [0.5, 0.6) is 0 Å². The Kier molecular flexibility index (Phi) is 10.6. The summed E-state index contributed by atoms with van der Waals surface area (Å²) in [5.41, 5.74) is 2.30. The molecule has 8 heteroatoms. The highest BCUT2D eigenvalue weighted by Crippen LogP contribution is 2.27. The van der Waals surface area contributed by atoms with Crippen LogP contribution in [-0.4, -0.2) is 57.7 Å². The maximum absolute atomic E-state index is 13.2. The second kappa shape index (κ2) is 14.3. The van der Waals surface area contributed by atoms with Gasteiger partial charge in [-0.1, -0.05) is 67.6 Å². The van der Waals surface area contributed by atoms with Gasteiger partial charge in [0, 0.05) is 30.1 Å². The smallest absolute Gasteiger partial charge is 0.251 e. The van der Waals surface area contributed by atoms with E-state index < -0.39 is 24.2 Å². The molecule has 0 saturated carbocycles. The molecule has 2 amide bonds. The van der Waals surface area contributed by atoms with E-state index in [1.807, 2.05) is 72.8 Å². The number of aliphatic hydroxyl groups is 2. The van der Waals surface area contributed by atoms with Gasteiger partial charge < -0.3 is 20.8 Å². The number of nitrogens with one attached hydrogen (secondary N) is 2. The Labute approximate surface area is 234 Å². The molecule has 206 valence electrons. The van der Waals surface area contributed by atoms with E-state index in [0.717, 1.165) is 29.1 Å². The van der Waals surface area contributed by atoms with Crippen molar-refractivity contribution in [2.45, 2.75) is 55.9 Å². The SMILES string of the molecule is C[C@@H](C(=O)NCc1ccccc1)[C@@H](O)[C@H](O)[C@H](Cc1ccccc1)NC(=O)c1ccc(SN2CCCC2)cc1. The van der Waals surface area contributed by atoms with Gasteiger partial charge in [0.25, 0.3) is 5.91 Å². The van der Waals surface area contributed by atoms with Crippen molar-refractivity contribution in [2.75, 3.05) is 13.1 Å². The summed E-state index contributed by atoms with van der Waals surface area (Å²) in [6.07, 6.45) is -0.0348. The first-order valence-corrected chi connectivity index (χ1v) is 14.2. The predicted octanol–water partition coefficient (Wildman–Crippen LogP) is 3.80. The van der Waals surface area contributed by atoms with Gasteiger partial charge in [-0.25, -0.2) is 4.31 Å². The number of carbonyl (C=O) groups is 2. The molecule has 4 atom stereocenters. The van der Waals surface area contributed by atoms with Gasteiger partial charge >= 0.3 is 0 Å². The van der Waals surface area contributed by atoms with E-state index in [0.29, 0.717) is 18.5 Å². The fourth-order valence-corrected chi connectivity index (χ4v) is 5.60. The lowest BCUT2D eigenvalue weighted by molar-refractivity contribution is -0.131. The summed E-state index contributed by atoms with van der Waals surface area (Å²) in [6.45, 7) is 4.03. The summed E-state index contributed by atoms with van der Waals surface area (Å²) in [6, 6.07) is 25.5. The molecule has 0 spiro atoms. The van der Waals surface area contributed by atoms with Gasteiger partial charge in [0.05, 0.1) is 18.1 Å². The summed E-state index contributed by atoms with van der Waals surface area (Å²) in [4.78, 5) is 27.0. The maximum atomic E-state index is 13.2. The molecule has 1 saturated heterocycles. The highest BCUT2D eigenvalue weighted by Gasteiger charge is 2.34. The zero-order valence-corrected chi connectivity index (χ0v) is 23.0. The van der Waals surface area contributed by atoms with Gasteiger partial charge in [-0.15, -0.1) is 0 Å². The molecule has 39 heavy (non-hydrogen) atoms. The molecule has 1 fully saturated rings. The fraction of sp³-hybridized carbons (Fsp3) is 0.355. The number of nitrogens with zero attached hydrogens (tertiary/aromatic N) is 1. The summed E-state index contributed by atoms with van der Waals surface area (Å²) in [5.74, 6) is -1.61. The molecule has 1 heterocycles. The summed E-state index contributed by atoms with van der Waals surface area (Å²) >= 11 is 1.70. The Hall–Kier alpha value is -3.17. The highest BCUT2D eigenvalue weighted by molar-refractivity contribution is 7.97. The third-order valence-electron chi connectivity index (χ3n) is 7.03. The monoisotopic (exact) mass is 547 g/mol. The zero-order chi connectivity index (χ0) is 27.6. The number of amides is 2. The van der Waals surface area contributed by atoms with Crippen molar-refractivity contribution in [2.24, 2.45) is 5.92 Å². The largest absolute Gasteiger partial charge is 0.390 e. The van der Waals surface area contributed by atoms with Crippen molar-refractivity contribution in [3.63, 3.8) is 0 Å². The number of rotatable bonds is 12. The second-order valence-corrected chi connectivity index (χ2v) is 11.2. The van der Waals surface area contributed by atoms with Crippen molar-refractivity contribution >= 4 is 23.8 Å². The molecule has 4 N–H and O–H groups in total. The normalized spacial score (nSPS) is 16.7. The molecular weight excluding hydrogens is 510 g/mol. The van der Waals surface area contributed by atoms with Crippen LogP contribution in [-0.2, 0) is 17.8 Å². The van der Waals surface area contributed by atoms with Crippen molar-refractivity contribution in [1.29, 1.82) is 0 Å². The van der Waals surface area contributed by atoms with Crippen LogP contribution in [0.1, 0.15) is 41.3 Å². The molecule has 7 nitrogen and oxygen atoms in total. The standard InChI is InChI=1S/C31H37N3O4S/c1-22(30(37)32-21-24-12-6-3-7-13-24)28(35)29(36)27(20-23-10-4-2-5-11-23)33-31(38)25-14-16-26(17-15-25)39-34-18-8-9-19-34/h2-7,10-17,22,27-29,35-36H,8-9,18-21H2,1H3,(H,32,37)(H,33,38)/t22-,27+,28-,29-/m1/s1. The fourth-order valence-electron chi connectivity index (χ4n) is 4.61. The number of benzene rings is 3. The van der Waals surface area contributed by atoms with E-state index in [1.165, 1.54) is 12.8 Å². The lowest BCUT2D eigenvalue weighted by Crippen LogP contribution is -2.53. The minimum absolute atomic E-state index is 0.298. The molecule has 1 aliphatic heterocycles. The number of hydrogen-bond acceptors (Lipinski definition) is 6. The van der Waals surface area contributed by atoms with E-state index in [4.69, 9.17) is 0 Å². The number of carbonyl (C=O) groups excluding carboxylic acids is 2. The predicted molar refractivity (Wildman–Crippen MR) is 154 cm³/mol. The first kappa shape index (κ1) is 28.8. The molecule has 0 aromatic heterocycles. The van der Waals surface area contributed by atoms with Crippen molar-refractivity contribution < 1.29 is 19.8 Å². The van der Waals surface area contributed by atoms with E-state index in [-0.39, 0.29) is 11.8 Å². The lowest BCUT2D eigenvalue weighted by Gasteiger charge is -2.30. The molecule has 3 aromatic carbocycles. The maximum Gasteiger partial charge on any atom is 0.251 e. The molecule has 0 bridgehead atoms. The average Bonchev–Trinajstić information content (AvgIpc) is 3.49. The van der Waals surface area contributed by atoms with Gasteiger partial charge in [-0.05, 0) is 66.6 Å². The molecule has 0 aliphatic carbocycles. The molecule has 0 radical (unpaired) electrons. The lowest BCUT2D eigenvalue weighted by atomic mass is 9.90. The summed E-state index contributed by atoms with van der Waals surface area (Å²) in [5, 5.41) is 27.9. The van der Waals surface area contributed by atoms with E-state index >= 15 is 0 Å². The van der Waals surface area contributed by atoms with Crippen LogP contribution in [0.2, 0.25) is 0 Å². The summed E-state index contributed by atoms with van der Waals surface area (Å²) in [7, 11) is 0. The first-order valence-electron chi connectivity index (χ1n) is 13.5. The van der Waals surface area contributed by atoms with Crippen LogP contribution in [0, 0.1) is 5.92 Å². The van der Waals surface area contributed by atoms with Crippen LogP contribution >= 0.6 is 11.9 Å². The Morgan fingerprint density at radius 2 is 1.44 bits per heavy atom. The Balaban J connectivity index is 1.41. The number of aliphatic hydroxyl groups excluding tert-OH is 2. The minimum Gasteiger partial charge on any atom is -0.390 e. The molecule has 0 unspecified atom stereocenters. The topological polar surface area (TPSA) is 102 Å². The third kappa shape index (κ3) is 8.41. The van der Waals surface area contributed by atoms with E-state index in [1.54, 1.807) is 31.0 Å². The van der Waals surface area contributed by atoms with E-state index in [2.05, 4.69) is 14.9 Å². The van der Waals surface area contributed by atoms with Crippen LogP contribution in [0.25, 0.3) is 0 Å². The zero-order valence-electron chi connectivity index (χ0n) is 22.2. The summed E-state index contributed by atoms with van der Waals surface area (Å²) < 4.78 is 2.32. The minimum atomic E-state index is -1.38.